The van der Waals surface area contributed by atoms with Crippen LogP contribution in [0.3, 0.4) is 0 Å². The first-order chi connectivity index (χ1) is 9.69. The molecular weight excluding hydrogens is 270 g/mol. The Labute approximate surface area is 123 Å². The Kier molecular flexibility index (Phi) is 5.06. The van der Waals surface area contributed by atoms with Crippen LogP contribution in [0.15, 0.2) is 28.7 Å². The van der Waals surface area contributed by atoms with Gasteiger partial charge in [-0.25, -0.2) is 9.97 Å². The van der Waals surface area contributed by atoms with E-state index in [1.54, 1.807) is 24.6 Å². The van der Waals surface area contributed by atoms with Crippen LogP contribution in [-0.2, 0) is 13.1 Å². The summed E-state index contributed by atoms with van der Waals surface area (Å²) in [6.07, 6.45) is 1.77. The van der Waals surface area contributed by atoms with Gasteiger partial charge in [-0.1, -0.05) is 0 Å². The van der Waals surface area contributed by atoms with Crippen molar-refractivity contribution in [2.24, 2.45) is 4.99 Å². The predicted octanol–water partition coefficient (Wildman–Crippen LogP) is 2.02. The van der Waals surface area contributed by atoms with Gasteiger partial charge in [-0.3, -0.25) is 4.99 Å². The summed E-state index contributed by atoms with van der Waals surface area (Å²) < 4.78 is 0. The van der Waals surface area contributed by atoms with Crippen LogP contribution >= 0.6 is 11.3 Å². The van der Waals surface area contributed by atoms with Crippen molar-refractivity contribution in [3.05, 3.63) is 45.7 Å². The summed E-state index contributed by atoms with van der Waals surface area (Å²) in [4.78, 5) is 14.0. The minimum Gasteiger partial charge on any atom is -0.352 e. The molecular formula is C14H19N5S. The molecule has 0 aliphatic rings. The lowest BCUT2D eigenvalue weighted by Crippen LogP contribution is -2.36. The number of aromatic nitrogens is 2. The van der Waals surface area contributed by atoms with E-state index in [9.17, 15) is 0 Å². The molecule has 2 N–H and O–H groups in total. The Morgan fingerprint density at radius 2 is 2.05 bits per heavy atom. The first kappa shape index (κ1) is 14.5. The third-order valence-corrected chi connectivity index (χ3v) is 3.90. The fourth-order valence-electron chi connectivity index (χ4n) is 1.75. The number of hydrogen-bond donors (Lipinski definition) is 2. The van der Waals surface area contributed by atoms with Crippen LogP contribution in [0.25, 0.3) is 0 Å². The predicted molar refractivity (Wildman–Crippen MR) is 82.9 cm³/mol. The molecule has 0 aromatic carbocycles. The highest BCUT2D eigenvalue weighted by molar-refractivity contribution is 7.10. The summed E-state index contributed by atoms with van der Waals surface area (Å²) in [5, 5.41) is 8.65. The van der Waals surface area contributed by atoms with Gasteiger partial charge in [0.05, 0.1) is 18.8 Å². The summed E-state index contributed by atoms with van der Waals surface area (Å²) in [6, 6.07) is 4.03. The van der Waals surface area contributed by atoms with Gasteiger partial charge < -0.3 is 10.6 Å². The normalized spacial score (nSPS) is 11.4. The van der Waals surface area contributed by atoms with Gasteiger partial charge >= 0.3 is 0 Å². The lowest BCUT2D eigenvalue weighted by atomic mass is 10.3. The minimum atomic E-state index is 0.631. The van der Waals surface area contributed by atoms with Gasteiger partial charge in [0.25, 0.3) is 0 Å². The number of thiophene rings is 1. The highest BCUT2D eigenvalue weighted by Gasteiger charge is 2.03. The molecule has 0 radical (unpaired) electrons. The average molecular weight is 289 g/mol. The largest absolute Gasteiger partial charge is 0.352 e. The van der Waals surface area contributed by atoms with E-state index in [2.05, 4.69) is 44.0 Å². The van der Waals surface area contributed by atoms with Crippen molar-refractivity contribution in [2.45, 2.75) is 26.9 Å². The van der Waals surface area contributed by atoms with E-state index in [1.165, 1.54) is 10.4 Å². The second kappa shape index (κ2) is 7.00. The molecule has 0 amide bonds. The zero-order valence-corrected chi connectivity index (χ0v) is 12.8. The molecule has 2 aromatic heterocycles. The van der Waals surface area contributed by atoms with Crippen LogP contribution in [0.5, 0.6) is 0 Å². The molecule has 5 nitrogen and oxygen atoms in total. The molecule has 0 spiro atoms. The van der Waals surface area contributed by atoms with Crippen molar-refractivity contribution < 1.29 is 0 Å². The summed E-state index contributed by atoms with van der Waals surface area (Å²) in [5.74, 6) is 1.55. The molecule has 0 aliphatic carbocycles. The Balaban J connectivity index is 1.85. The van der Waals surface area contributed by atoms with Crippen LogP contribution in [0.4, 0.5) is 0 Å². The van der Waals surface area contributed by atoms with E-state index in [1.807, 2.05) is 13.0 Å². The number of aliphatic imine (C=N–C) groups is 1. The molecule has 2 aromatic rings. The highest BCUT2D eigenvalue weighted by Crippen LogP contribution is 2.14. The third kappa shape index (κ3) is 4.03. The van der Waals surface area contributed by atoms with Crippen LogP contribution in [0.1, 0.15) is 22.0 Å². The van der Waals surface area contributed by atoms with E-state index >= 15 is 0 Å². The quantitative estimate of drug-likeness (QED) is 0.668. The van der Waals surface area contributed by atoms with Crippen LogP contribution < -0.4 is 10.6 Å². The summed E-state index contributed by atoms with van der Waals surface area (Å²) >= 11 is 1.75. The van der Waals surface area contributed by atoms with E-state index in [0.29, 0.717) is 6.54 Å². The molecule has 0 bridgehead atoms. The zero-order chi connectivity index (χ0) is 14.4. The van der Waals surface area contributed by atoms with Crippen molar-refractivity contribution in [3.63, 3.8) is 0 Å². The number of aryl methyl sites for hydroxylation is 2. The zero-order valence-electron chi connectivity index (χ0n) is 12.0. The topological polar surface area (TPSA) is 62.2 Å². The van der Waals surface area contributed by atoms with Crippen molar-refractivity contribution >= 4 is 17.3 Å². The van der Waals surface area contributed by atoms with Gasteiger partial charge in [-0.15, -0.1) is 11.3 Å². The number of nitrogens with one attached hydrogen (secondary N) is 2. The van der Waals surface area contributed by atoms with Gasteiger partial charge in [0.1, 0.15) is 5.82 Å². The Hall–Kier alpha value is -1.95. The average Bonchev–Trinajstić information content (AvgIpc) is 2.85. The van der Waals surface area contributed by atoms with E-state index in [-0.39, 0.29) is 0 Å². The van der Waals surface area contributed by atoms with E-state index in [0.717, 1.165) is 24.0 Å². The Bertz CT molecular complexity index is 591. The van der Waals surface area contributed by atoms with Crippen LogP contribution in [0, 0.1) is 13.8 Å². The maximum absolute atomic E-state index is 4.35. The van der Waals surface area contributed by atoms with Crippen LogP contribution in [-0.4, -0.2) is 23.0 Å². The summed E-state index contributed by atoms with van der Waals surface area (Å²) in [5.41, 5.74) is 2.26. The standard InChI is InChI=1S/C14H19N5S/c1-10-5-7-20-13(10)9-18-14(15-3)17-8-12-4-6-16-11(2)19-12/h4-7H,8-9H2,1-3H3,(H2,15,17,18). The monoisotopic (exact) mass is 289 g/mol. The third-order valence-electron chi connectivity index (χ3n) is 2.88. The van der Waals surface area contributed by atoms with E-state index in [4.69, 9.17) is 0 Å². The maximum atomic E-state index is 4.35. The fourth-order valence-corrected chi connectivity index (χ4v) is 2.59. The molecule has 0 saturated heterocycles. The molecule has 0 saturated carbocycles. The lowest BCUT2D eigenvalue weighted by molar-refractivity contribution is 0.788. The van der Waals surface area contributed by atoms with Gasteiger partial charge in [-0.05, 0) is 36.9 Å². The van der Waals surface area contributed by atoms with Gasteiger partial charge in [0, 0.05) is 18.1 Å². The van der Waals surface area contributed by atoms with Gasteiger partial charge in [0.15, 0.2) is 5.96 Å². The van der Waals surface area contributed by atoms with Crippen LogP contribution in [0.2, 0.25) is 0 Å². The number of hydrogen-bond acceptors (Lipinski definition) is 4. The summed E-state index contributed by atoms with van der Waals surface area (Å²) in [6.45, 7) is 5.42. The molecule has 2 rings (SSSR count). The fraction of sp³-hybridized carbons (Fsp3) is 0.357. The highest BCUT2D eigenvalue weighted by atomic mass is 32.1. The van der Waals surface area contributed by atoms with Gasteiger partial charge in [-0.2, -0.15) is 0 Å². The number of nitrogens with zero attached hydrogens (tertiary/aromatic N) is 3. The van der Waals surface area contributed by atoms with Gasteiger partial charge in [0.2, 0.25) is 0 Å². The molecule has 106 valence electrons. The second-order valence-corrected chi connectivity index (χ2v) is 5.40. The number of guanidine groups is 1. The molecule has 0 aliphatic heterocycles. The second-order valence-electron chi connectivity index (χ2n) is 4.40. The van der Waals surface area contributed by atoms with Crippen molar-refractivity contribution in [1.82, 2.24) is 20.6 Å². The minimum absolute atomic E-state index is 0.631. The SMILES string of the molecule is CN=C(NCc1ccnc(C)n1)NCc1sccc1C. The molecule has 6 heteroatoms. The smallest absolute Gasteiger partial charge is 0.191 e. The first-order valence-corrected chi connectivity index (χ1v) is 7.33. The lowest BCUT2D eigenvalue weighted by Gasteiger charge is -2.11. The number of rotatable bonds is 4. The molecule has 0 unspecified atom stereocenters. The van der Waals surface area contributed by atoms with Crippen molar-refractivity contribution in [3.8, 4) is 0 Å². The summed E-state index contributed by atoms with van der Waals surface area (Å²) in [7, 11) is 1.77. The Morgan fingerprint density at radius 3 is 2.70 bits per heavy atom. The molecule has 0 atom stereocenters. The maximum Gasteiger partial charge on any atom is 0.191 e. The van der Waals surface area contributed by atoms with Crippen molar-refractivity contribution in [2.75, 3.05) is 7.05 Å². The molecule has 20 heavy (non-hydrogen) atoms. The van der Waals surface area contributed by atoms with Crippen molar-refractivity contribution in [1.29, 1.82) is 0 Å². The molecule has 0 fully saturated rings. The van der Waals surface area contributed by atoms with E-state index < -0.39 is 0 Å². The molecule has 2 heterocycles. The Morgan fingerprint density at radius 1 is 1.25 bits per heavy atom. The first-order valence-electron chi connectivity index (χ1n) is 6.45.